The summed E-state index contributed by atoms with van der Waals surface area (Å²) in [6.07, 6.45) is 1.78. The quantitative estimate of drug-likeness (QED) is 0.600. The zero-order valence-corrected chi connectivity index (χ0v) is 6.72. The summed E-state index contributed by atoms with van der Waals surface area (Å²) in [4.78, 5) is 10.7. The van der Waals surface area contributed by atoms with Crippen LogP contribution in [0.4, 0.5) is 0 Å². The molecule has 2 nitrogen and oxygen atoms in total. The van der Waals surface area contributed by atoms with Gasteiger partial charge >= 0.3 is 0 Å². The maximum absolute atomic E-state index is 10.7. The van der Waals surface area contributed by atoms with Crippen molar-refractivity contribution in [3.05, 3.63) is 11.6 Å². The Bertz CT molecular complexity index is 147. The molecule has 0 aliphatic heterocycles. The van der Waals surface area contributed by atoms with Crippen molar-refractivity contribution in [2.24, 2.45) is 5.92 Å². The number of hydrogen-bond acceptors (Lipinski definition) is 2. The Labute approximate surface area is 61.6 Å². The Morgan fingerprint density at radius 1 is 1.60 bits per heavy atom. The van der Waals surface area contributed by atoms with E-state index in [4.69, 9.17) is 5.11 Å². The minimum Gasteiger partial charge on any atom is -0.392 e. The van der Waals surface area contributed by atoms with E-state index in [1.807, 2.05) is 6.92 Å². The molecule has 0 unspecified atom stereocenters. The average molecular weight is 142 g/mol. The Hall–Kier alpha value is -0.630. The van der Waals surface area contributed by atoms with Crippen molar-refractivity contribution in [2.45, 2.75) is 20.8 Å². The van der Waals surface area contributed by atoms with Crippen molar-refractivity contribution in [1.29, 1.82) is 0 Å². The highest BCUT2D eigenvalue weighted by molar-refractivity contribution is 5.79. The molecule has 0 heterocycles. The zero-order valence-electron chi connectivity index (χ0n) is 6.72. The van der Waals surface area contributed by atoms with Crippen molar-refractivity contribution in [3.63, 3.8) is 0 Å². The number of rotatable bonds is 3. The van der Waals surface area contributed by atoms with E-state index in [1.165, 1.54) is 0 Å². The van der Waals surface area contributed by atoms with Gasteiger partial charge in [0.1, 0.15) is 5.78 Å². The molecule has 0 spiro atoms. The number of hydrogen-bond donors (Lipinski definition) is 1. The number of allylic oxidation sites excluding steroid dienone is 1. The third kappa shape index (κ3) is 3.41. The van der Waals surface area contributed by atoms with Gasteiger partial charge in [-0.15, -0.1) is 0 Å². The number of aliphatic hydroxyl groups excluding tert-OH is 1. The molecule has 0 saturated carbocycles. The highest BCUT2D eigenvalue weighted by Gasteiger charge is 2.02. The maximum Gasteiger partial charge on any atom is 0.136 e. The summed E-state index contributed by atoms with van der Waals surface area (Å²) in [5, 5.41) is 8.59. The van der Waals surface area contributed by atoms with E-state index >= 15 is 0 Å². The molecule has 1 atom stereocenters. The SMILES string of the molecule is CC(=O)[C@@H](C)/C=C(\C)CO. The fourth-order valence-corrected chi connectivity index (χ4v) is 0.597. The van der Waals surface area contributed by atoms with E-state index in [-0.39, 0.29) is 18.3 Å². The van der Waals surface area contributed by atoms with Gasteiger partial charge in [0.15, 0.2) is 0 Å². The van der Waals surface area contributed by atoms with Crippen molar-refractivity contribution in [1.82, 2.24) is 0 Å². The molecule has 0 aromatic heterocycles. The molecule has 0 aliphatic carbocycles. The highest BCUT2D eigenvalue weighted by Crippen LogP contribution is 2.02. The normalized spacial score (nSPS) is 15.0. The van der Waals surface area contributed by atoms with Crippen LogP contribution in [0, 0.1) is 5.92 Å². The molecule has 0 bridgehead atoms. The molecule has 2 heteroatoms. The van der Waals surface area contributed by atoms with Gasteiger partial charge in [0.05, 0.1) is 6.61 Å². The number of carbonyl (C=O) groups is 1. The van der Waals surface area contributed by atoms with Gasteiger partial charge in [-0.1, -0.05) is 18.6 Å². The van der Waals surface area contributed by atoms with Crippen molar-refractivity contribution >= 4 is 5.78 Å². The zero-order chi connectivity index (χ0) is 8.15. The standard InChI is InChI=1S/C8H14O2/c1-6(5-9)4-7(2)8(3)10/h4,7,9H,5H2,1-3H3/b6-4+/t7-/m0/s1. The van der Waals surface area contributed by atoms with Gasteiger partial charge in [0, 0.05) is 5.92 Å². The van der Waals surface area contributed by atoms with Crippen LogP contribution in [-0.4, -0.2) is 17.5 Å². The number of aliphatic hydroxyl groups is 1. The second-order valence-corrected chi connectivity index (χ2v) is 2.57. The predicted octanol–water partition coefficient (Wildman–Crippen LogP) is 1.15. The molecule has 0 radical (unpaired) electrons. The van der Waals surface area contributed by atoms with Crippen LogP contribution >= 0.6 is 0 Å². The van der Waals surface area contributed by atoms with Crippen LogP contribution in [0.25, 0.3) is 0 Å². The van der Waals surface area contributed by atoms with Crippen LogP contribution in [0.15, 0.2) is 11.6 Å². The van der Waals surface area contributed by atoms with Crippen LogP contribution in [-0.2, 0) is 4.79 Å². The van der Waals surface area contributed by atoms with Gasteiger partial charge < -0.3 is 5.11 Å². The van der Waals surface area contributed by atoms with Gasteiger partial charge in [0.25, 0.3) is 0 Å². The molecule has 10 heavy (non-hydrogen) atoms. The smallest absolute Gasteiger partial charge is 0.136 e. The predicted molar refractivity (Wildman–Crippen MR) is 40.7 cm³/mol. The van der Waals surface area contributed by atoms with E-state index in [2.05, 4.69) is 0 Å². The van der Waals surface area contributed by atoms with Gasteiger partial charge in [-0.05, 0) is 13.8 Å². The molecule has 0 saturated heterocycles. The summed E-state index contributed by atoms with van der Waals surface area (Å²) in [7, 11) is 0. The van der Waals surface area contributed by atoms with Crippen LogP contribution in [0.2, 0.25) is 0 Å². The maximum atomic E-state index is 10.7. The molecule has 0 aromatic rings. The van der Waals surface area contributed by atoms with Gasteiger partial charge in [-0.2, -0.15) is 0 Å². The van der Waals surface area contributed by atoms with Crippen LogP contribution in [0.1, 0.15) is 20.8 Å². The fourth-order valence-electron chi connectivity index (χ4n) is 0.597. The highest BCUT2D eigenvalue weighted by atomic mass is 16.3. The third-order valence-corrected chi connectivity index (χ3v) is 1.43. The second-order valence-electron chi connectivity index (χ2n) is 2.57. The minimum absolute atomic E-state index is 0.0393. The Kier molecular flexibility index (Phi) is 3.96. The average Bonchev–Trinajstić information content (AvgIpc) is 1.87. The van der Waals surface area contributed by atoms with E-state index < -0.39 is 0 Å². The first-order valence-corrected chi connectivity index (χ1v) is 3.36. The first-order valence-electron chi connectivity index (χ1n) is 3.36. The third-order valence-electron chi connectivity index (χ3n) is 1.43. The van der Waals surface area contributed by atoms with Crippen LogP contribution in [0.3, 0.4) is 0 Å². The lowest BCUT2D eigenvalue weighted by atomic mass is 10.1. The molecule has 0 aliphatic rings. The lowest BCUT2D eigenvalue weighted by Gasteiger charge is -2.01. The van der Waals surface area contributed by atoms with Gasteiger partial charge in [-0.3, -0.25) is 4.79 Å². The van der Waals surface area contributed by atoms with Crippen molar-refractivity contribution in [2.75, 3.05) is 6.61 Å². The number of Topliss-reactive ketones (excluding diaryl/α,β-unsaturated/α-hetero) is 1. The van der Waals surface area contributed by atoms with Crippen molar-refractivity contribution < 1.29 is 9.90 Å². The Morgan fingerprint density at radius 2 is 2.10 bits per heavy atom. The molecule has 0 fully saturated rings. The molecule has 0 rings (SSSR count). The summed E-state index contributed by atoms with van der Waals surface area (Å²) in [5.41, 5.74) is 0.850. The van der Waals surface area contributed by atoms with E-state index in [0.29, 0.717) is 0 Å². The second kappa shape index (κ2) is 4.23. The summed E-state index contributed by atoms with van der Waals surface area (Å²) >= 11 is 0. The van der Waals surface area contributed by atoms with Crippen LogP contribution < -0.4 is 0 Å². The fraction of sp³-hybridized carbons (Fsp3) is 0.625. The first-order chi connectivity index (χ1) is 4.57. The van der Waals surface area contributed by atoms with E-state index in [0.717, 1.165) is 5.57 Å². The molecular weight excluding hydrogens is 128 g/mol. The van der Waals surface area contributed by atoms with Gasteiger partial charge in [0.2, 0.25) is 0 Å². The summed E-state index contributed by atoms with van der Waals surface area (Å²) < 4.78 is 0. The lowest BCUT2D eigenvalue weighted by Crippen LogP contribution is -2.03. The molecule has 58 valence electrons. The lowest BCUT2D eigenvalue weighted by molar-refractivity contribution is -0.118. The topological polar surface area (TPSA) is 37.3 Å². The largest absolute Gasteiger partial charge is 0.392 e. The monoisotopic (exact) mass is 142 g/mol. The van der Waals surface area contributed by atoms with Gasteiger partial charge in [-0.25, -0.2) is 0 Å². The molecular formula is C8H14O2. The minimum atomic E-state index is -0.0628. The molecule has 0 amide bonds. The van der Waals surface area contributed by atoms with E-state index in [9.17, 15) is 4.79 Å². The summed E-state index contributed by atoms with van der Waals surface area (Å²) in [6, 6.07) is 0. The van der Waals surface area contributed by atoms with Crippen molar-refractivity contribution in [3.8, 4) is 0 Å². The Balaban J connectivity index is 3.99. The number of ketones is 1. The van der Waals surface area contributed by atoms with Crippen LogP contribution in [0.5, 0.6) is 0 Å². The molecule has 1 N–H and O–H groups in total. The molecule has 0 aromatic carbocycles. The summed E-state index contributed by atoms with van der Waals surface area (Å²) in [6.45, 7) is 5.21. The van der Waals surface area contributed by atoms with E-state index in [1.54, 1.807) is 19.9 Å². The Morgan fingerprint density at radius 3 is 2.40 bits per heavy atom. The number of carbonyl (C=O) groups excluding carboxylic acids is 1. The first kappa shape index (κ1) is 9.37. The summed E-state index contributed by atoms with van der Waals surface area (Å²) in [5.74, 6) is 0.0694.